The molecule has 16 heavy (non-hydrogen) atoms. The minimum Gasteiger partial charge on any atom is -0.343 e. The summed E-state index contributed by atoms with van der Waals surface area (Å²) in [7, 11) is 0. The van der Waals surface area contributed by atoms with Crippen LogP contribution < -0.4 is 4.90 Å². The molecule has 0 atom stereocenters. The Morgan fingerprint density at radius 2 is 1.88 bits per heavy atom. The fraction of sp³-hybridized carbons (Fsp3) is 0.667. The van der Waals surface area contributed by atoms with Crippen molar-refractivity contribution in [2.24, 2.45) is 0 Å². The van der Waals surface area contributed by atoms with Crippen molar-refractivity contribution in [2.75, 3.05) is 18.0 Å². The summed E-state index contributed by atoms with van der Waals surface area (Å²) < 4.78 is 0.730. The predicted molar refractivity (Wildman–Crippen MR) is 71.8 cm³/mol. The fourth-order valence-electron chi connectivity index (χ4n) is 1.93. The Morgan fingerprint density at radius 3 is 2.25 bits per heavy atom. The van der Waals surface area contributed by atoms with Crippen molar-refractivity contribution in [1.82, 2.24) is 9.97 Å². The second kappa shape index (κ2) is 5.43. The van der Waals surface area contributed by atoms with E-state index in [1.165, 1.54) is 0 Å². The molecule has 0 unspecified atom stereocenters. The second-order valence-corrected chi connectivity index (χ2v) is 4.62. The maximum atomic E-state index is 5.36. The maximum Gasteiger partial charge on any atom is 0.204 e. The molecule has 0 aliphatic rings. The zero-order valence-electron chi connectivity index (χ0n) is 10.8. The van der Waals surface area contributed by atoms with Gasteiger partial charge in [0.2, 0.25) is 5.95 Å². The van der Waals surface area contributed by atoms with Crippen molar-refractivity contribution >= 4 is 18.2 Å². The highest BCUT2D eigenvalue weighted by molar-refractivity contribution is 7.71. The first-order valence-electron chi connectivity index (χ1n) is 5.86. The van der Waals surface area contributed by atoms with E-state index in [9.17, 15) is 0 Å². The van der Waals surface area contributed by atoms with Gasteiger partial charge in [0.25, 0.3) is 0 Å². The number of hydrogen-bond donors (Lipinski definition) is 1. The lowest BCUT2D eigenvalue weighted by atomic mass is 10.0. The first-order valence-corrected chi connectivity index (χ1v) is 6.27. The van der Waals surface area contributed by atoms with E-state index < -0.39 is 0 Å². The largest absolute Gasteiger partial charge is 0.343 e. The molecule has 1 aromatic rings. The Bertz CT molecular complexity index is 405. The molecule has 3 nitrogen and oxygen atoms in total. The summed E-state index contributed by atoms with van der Waals surface area (Å²) in [5.41, 5.74) is 2.29. The molecule has 1 aromatic heterocycles. The van der Waals surface area contributed by atoms with Gasteiger partial charge in [-0.15, -0.1) is 0 Å². The molecule has 1 N–H and O–H groups in total. The Balaban J connectivity index is 3.24. The van der Waals surface area contributed by atoms with Crippen molar-refractivity contribution in [3.05, 3.63) is 15.9 Å². The van der Waals surface area contributed by atoms with Gasteiger partial charge in [0, 0.05) is 24.3 Å². The van der Waals surface area contributed by atoms with Crippen molar-refractivity contribution in [3.63, 3.8) is 0 Å². The quantitative estimate of drug-likeness (QED) is 0.817. The monoisotopic (exact) mass is 239 g/mol. The molecule has 0 radical (unpaired) electrons. The van der Waals surface area contributed by atoms with E-state index in [1.54, 1.807) is 0 Å². The Morgan fingerprint density at radius 1 is 1.31 bits per heavy atom. The van der Waals surface area contributed by atoms with Gasteiger partial charge in [-0.2, -0.15) is 0 Å². The number of aromatic nitrogens is 2. The SMILES string of the molecule is CCN(CC)c1nc(=S)c(C(C)C)c(C)[nH]1. The first kappa shape index (κ1) is 13.2. The van der Waals surface area contributed by atoms with E-state index in [4.69, 9.17) is 12.2 Å². The molecule has 0 aliphatic carbocycles. The molecule has 90 valence electrons. The number of aryl methyl sites for hydroxylation is 1. The number of rotatable bonds is 4. The summed E-state index contributed by atoms with van der Waals surface area (Å²) in [5, 5.41) is 0. The summed E-state index contributed by atoms with van der Waals surface area (Å²) >= 11 is 5.36. The highest BCUT2D eigenvalue weighted by atomic mass is 32.1. The Kier molecular flexibility index (Phi) is 4.47. The minimum absolute atomic E-state index is 0.419. The average molecular weight is 239 g/mol. The van der Waals surface area contributed by atoms with Gasteiger partial charge in [0.05, 0.1) is 0 Å². The molecule has 0 aliphatic heterocycles. The van der Waals surface area contributed by atoms with Crippen LogP contribution in [0.15, 0.2) is 0 Å². The van der Waals surface area contributed by atoms with Crippen molar-refractivity contribution < 1.29 is 0 Å². The lowest BCUT2D eigenvalue weighted by Gasteiger charge is -2.21. The first-order chi connectivity index (χ1) is 7.51. The summed E-state index contributed by atoms with van der Waals surface area (Å²) in [4.78, 5) is 10.0. The zero-order valence-corrected chi connectivity index (χ0v) is 11.6. The Labute approximate surface area is 103 Å². The third-order valence-electron chi connectivity index (χ3n) is 2.78. The smallest absolute Gasteiger partial charge is 0.204 e. The summed E-state index contributed by atoms with van der Waals surface area (Å²) in [6.07, 6.45) is 0. The molecule has 0 saturated heterocycles. The topological polar surface area (TPSA) is 31.9 Å². The van der Waals surface area contributed by atoms with Gasteiger partial charge in [-0.3, -0.25) is 0 Å². The standard InChI is InChI=1S/C12H21N3S/c1-6-15(7-2)12-13-9(5)10(8(3)4)11(16)14-12/h8H,6-7H2,1-5H3,(H,13,14,16). The van der Waals surface area contributed by atoms with Gasteiger partial charge >= 0.3 is 0 Å². The molecular formula is C12H21N3S. The van der Waals surface area contributed by atoms with Gasteiger partial charge in [-0.25, -0.2) is 4.98 Å². The van der Waals surface area contributed by atoms with Crippen LogP contribution in [0.3, 0.4) is 0 Å². The lowest BCUT2D eigenvalue weighted by molar-refractivity contribution is 0.782. The molecular weight excluding hydrogens is 218 g/mol. The van der Waals surface area contributed by atoms with E-state index >= 15 is 0 Å². The molecule has 0 spiro atoms. The van der Waals surface area contributed by atoms with Gasteiger partial charge < -0.3 is 9.88 Å². The fourth-order valence-corrected chi connectivity index (χ4v) is 2.41. The molecule has 0 amide bonds. The van der Waals surface area contributed by atoms with Crippen LogP contribution >= 0.6 is 12.2 Å². The van der Waals surface area contributed by atoms with Crippen molar-refractivity contribution in [3.8, 4) is 0 Å². The molecule has 0 bridgehead atoms. The van der Waals surface area contributed by atoms with Crippen LogP contribution in [0.1, 0.15) is 44.9 Å². The number of H-pyrrole nitrogens is 1. The van der Waals surface area contributed by atoms with Crippen LogP contribution in [0.2, 0.25) is 0 Å². The van der Waals surface area contributed by atoms with Crippen molar-refractivity contribution in [2.45, 2.75) is 40.5 Å². The van der Waals surface area contributed by atoms with Gasteiger partial charge in [-0.1, -0.05) is 26.1 Å². The summed E-state index contributed by atoms with van der Waals surface area (Å²) in [5.74, 6) is 1.30. The second-order valence-electron chi connectivity index (χ2n) is 4.23. The van der Waals surface area contributed by atoms with Crippen LogP contribution in [0.25, 0.3) is 0 Å². The maximum absolute atomic E-state index is 5.36. The molecule has 1 heterocycles. The Hall–Kier alpha value is -0.900. The van der Waals surface area contributed by atoms with Crippen LogP contribution in [0.5, 0.6) is 0 Å². The average Bonchev–Trinajstić information content (AvgIpc) is 2.17. The van der Waals surface area contributed by atoms with E-state index in [-0.39, 0.29) is 0 Å². The van der Waals surface area contributed by atoms with Crippen LogP contribution in [-0.2, 0) is 0 Å². The van der Waals surface area contributed by atoms with Crippen LogP contribution in [0.4, 0.5) is 5.95 Å². The highest BCUT2D eigenvalue weighted by Gasteiger charge is 2.11. The van der Waals surface area contributed by atoms with E-state index in [0.717, 1.165) is 34.9 Å². The van der Waals surface area contributed by atoms with E-state index in [1.807, 2.05) is 0 Å². The third-order valence-corrected chi connectivity index (χ3v) is 3.09. The number of aromatic amines is 1. The number of nitrogens with zero attached hydrogens (tertiary/aromatic N) is 2. The molecule has 4 heteroatoms. The van der Waals surface area contributed by atoms with Gasteiger partial charge in [0.1, 0.15) is 4.64 Å². The summed E-state index contributed by atoms with van der Waals surface area (Å²) in [6.45, 7) is 12.5. The number of hydrogen-bond acceptors (Lipinski definition) is 3. The molecule has 0 saturated carbocycles. The van der Waals surface area contributed by atoms with Gasteiger partial charge in [0.15, 0.2) is 0 Å². The molecule has 0 fully saturated rings. The molecule has 1 rings (SSSR count). The van der Waals surface area contributed by atoms with Crippen LogP contribution in [0, 0.1) is 11.6 Å². The van der Waals surface area contributed by atoms with Crippen molar-refractivity contribution in [1.29, 1.82) is 0 Å². The zero-order chi connectivity index (χ0) is 12.3. The van der Waals surface area contributed by atoms with E-state index in [2.05, 4.69) is 49.5 Å². The van der Waals surface area contributed by atoms with Crippen LogP contribution in [-0.4, -0.2) is 23.1 Å². The predicted octanol–water partition coefficient (Wildman–Crippen LogP) is 3.42. The normalized spacial score (nSPS) is 10.9. The highest BCUT2D eigenvalue weighted by Crippen LogP contribution is 2.20. The summed E-state index contributed by atoms with van der Waals surface area (Å²) in [6, 6.07) is 0. The minimum atomic E-state index is 0.419. The third kappa shape index (κ3) is 2.61. The van der Waals surface area contributed by atoms with Gasteiger partial charge in [-0.05, 0) is 26.7 Å². The number of anilines is 1. The lowest BCUT2D eigenvalue weighted by Crippen LogP contribution is -2.25. The molecule has 0 aromatic carbocycles. The number of nitrogens with one attached hydrogen (secondary N) is 1. The van der Waals surface area contributed by atoms with E-state index in [0.29, 0.717) is 5.92 Å².